The fraction of sp³-hybridized carbons (Fsp3) is 0.300. The van der Waals surface area contributed by atoms with E-state index in [4.69, 9.17) is 10.7 Å². The number of rotatable bonds is 5. The summed E-state index contributed by atoms with van der Waals surface area (Å²) in [6.07, 6.45) is 5.44. The van der Waals surface area contributed by atoms with Gasteiger partial charge in [0.05, 0.1) is 28.5 Å². The number of aromatic nitrogens is 4. The summed E-state index contributed by atoms with van der Waals surface area (Å²) in [5.41, 5.74) is 10.5. The van der Waals surface area contributed by atoms with E-state index >= 15 is 0 Å². The summed E-state index contributed by atoms with van der Waals surface area (Å²) in [7, 11) is 0. The normalized spacial score (nSPS) is 12.3. The third kappa shape index (κ3) is 2.77. The van der Waals surface area contributed by atoms with Gasteiger partial charge in [-0.15, -0.1) is 0 Å². The van der Waals surface area contributed by atoms with Crippen LogP contribution < -0.4 is 5.73 Å². The zero-order chi connectivity index (χ0) is 18.3. The highest BCUT2D eigenvalue weighted by Crippen LogP contribution is 2.29. The van der Waals surface area contributed by atoms with Gasteiger partial charge in [0.15, 0.2) is 5.65 Å². The Hall–Kier alpha value is -2.70. The average molecular weight is 349 g/mol. The number of benzene rings is 1. The molecule has 0 aliphatic heterocycles. The molecule has 0 atom stereocenters. The van der Waals surface area contributed by atoms with Crippen LogP contribution in [0.1, 0.15) is 31.7 Å². The van der Waals surface area contributed by atoms with Gasteiger partial charge in [-0.25, -0.2) is 9.97 Å². The van der Waals surface area contributed by atoms with E-state index in [1.807, 2.05) is 42.7 Å². The smallest absolute Gasteiger partial charge is 0.154 e. The largest absolute Gasteiger partial charge is 0.386 e. The molecule has 0 unspecified atom stereocenters. The van der Waals surface area contributed by atoms with Crippen LogP contribution in [0.4, 0.5) is 0 Å². The van der Waals surface area contributed by atoms with Crippen LogP contribution in [0.5, 0.6) is 0 Å². The molecule has 0 aliphatic rings. The maximum Gasteiger partial charge on any atom is 0.154 e. The lowest BCUT2D eigenvalue weighted by molar-refractivity contribution is 0.0786. The monoisotopic (exact) mass is 349 g/mol. The Morgan fingerprint density at radius 2 is 1.92 bits per heavy atom. The number of hydrogen-bond acceptors (Lipinski definition) is 4. The maximum absolute atomic E-state index is 10.2. The van der Waals surface area contributed by atoms with Crippen molar-refractivity contribution in [2.45, 2.75) is 32.3 Å². The van der Waals surface area contributed by atoms with E-state index in [-0.39, 0.29) is 0 Å². The summed E-state index contributed by atoms with van der Waals surface area (Å²) < 4.78 is 2.16. The molecule has 0 radical (unpaired) electrons. The number of fused-ring (bicyclic) bond motifs is 3. The van der Waals surface area contributed by atoms with Crippen molar-refractivity contribution in [3.05, 3.63) is 54.1 Å². The molecule has 3 aromatic heterocycles. The van der Waals surface area contributed by atoms with Crippen LogP contribution >= 0.6 is 0 Å². The third-order valence-corrected chi connectivity index (χ3v) is 4.71. The molecule has 4 aromatic rings. The van der Waals surface area contributed by atoms with Crippen molar-refractivity contribution in [2.75, 3.05) is 6.54 Å². The predicted octanol–water partition coefficient (Wildman–Crippen LogP) is 3.00. The number of aliphatic hydroxyl groups is 1. The molecule has 26 heavy (non-hydrogen) atoms. The molecular weight excluding hydrogens is 326 g/mol. The summed E-state index contributed by atoms with van der Waals surface area (Å²) >= 11 is 0. The molecule has 4 rings (SSSR count). The van der Waals surface area contributed by atoms with Crippen LogP contribution in [0.2, 0.25) is 0 Å². The topological polar surface area (TPSA) is 92.2 Å². The highest BCUT2D eigenvalue weighted by Gasteiger charge is 2.18. The first-order valence-electron chi connectivity index (χ1n) is 8.86. The minimum absolute atomic E-state index is 0.631. The van der Waals surface area contributed by atoms with E-state index in [0.29, 0.717) is 6.54 Å². The number of nitrogens with two attached hydrogens (primary N) is 1. The molecule has 3 heterocycles. The van der Waals surface area contributed by atoms with Crippen molar-refractivity contribution < 1.29 is 5.11 Å². The van der Waals surface area contributed by atoms with Crippen molar-refractivity contribution in [1.82, 2.24) is 19.4 Å². The second-order valence-electron chi connectivity index (χ2n) is 7.10. The first-order chi connectivity index (χ1) is 12.5. The quantitative estimate of drug-likeness (QED) is 0.516. The molecule has 0 spiro atoms. The second kappa shape index (κ2) is 6.23. The van der Waals surface area contributed by atoms with Crippen molar-refractivity contribution >= 4 is 16.7 Å². The summed E-state index contributed by atoms with van der Waals surface area (Å²) in [6, 6.07) is 9.92. The SMILES string of the molecule is CC(C)(O)c1ccc(-c2nc(CCCN)n3c2cnc2[nH]ccc23)cc1. The molecule has 1 aromatic carbocycles. The molecule has 0 saturated heterocycles. The lowest BCUT2D eigenvalue weighted by Gasteiger charge is -2.17. The van der Waals surface area contributed by atoms with Crippen LogP contribution in [0, 0.1) is 0 Å². The van der Waals surface area contributed by atoms with E-state index < -0.39 is 5.60 Å². The van der Waals surface area contributed by atoms with Gasteiger partial charge >= 0.3 is 0 Å². The molecular formula is C20H23N5O. The summed E-state index contributed by atoms with van der Waals surface area (Å²) in [5, 5.41) is 10.2. The van der Waals surface area contributed by atoms with E-state index in [1.165, 1.54) is 0 Å². The Bertz CT molecular complexity index is 1050. The zero-order valence-electron chi connectivity index (χ0n) is 15.0. The standard InChI is InChI=1S/C20H23N5O/c1-20(2,26)14-7-5-13(6-8-14)18-16-12-23-19-15(9-11-22-19)25(16)17(24-18)4-3-10-21/h5-9,11-12,22,26H,3-4,10,21H2,1-2H3. The number of nitrogens with one attached hydrogen (secondary N) is 1. The Morgan fingerprint density at radius 1 is 1.15 bits per heavy atom. The predicted molar refractivity (Wildman–Crippen MR) is 103 cm³/mol. The van der Waals surface area contributed by atoms with Gasteiger partial charge in [0, 0.05) is 18.2 Å². The minimum Gasteiger partial charge on any atom is -0.386 e. The minimum atomic E-state index is -0.861. The number of H-pyrrole nitrogens is 1. The third-order valence-electron chi connectivity index (χ3n) is 4.71. The number of hydrogen-bond donors (Lipinski definition) is 3. The summed E-state index contributed by atoms with van der Waals surface area (Å²) in [5.74, 6) is 0.985. The van der Waals surface area contributed by atoms with Gasteiger partial charge in [0.25, 0.3) is 0 Å². The Morgan fingerprint density at radius 3 is 2.62 bits per heavy atom. The van der Waals surface area contributed by atoms with Crippen LogP contribution in [0.3, 0.4) is 0 Å². The lowest BCUT2D eigenvalue weighted by Crippen LogP contribution is -2.14. The molecule has 0 bridgehead atoms. The molecule has 134 valence electrons. The molecule has 6 nitrogen and oxygen atoms in total. The number of imidazole rings is 1. The van der Waals surface area contributed by atoms with Crippen LogP contribution in [-0.4, -0.2) is 31.0 Å². The van der Waals surface area contributed by atoms with Crippen molar-refractivity contribution in [3.63, 3.8) is 0 Å². The summed E-state index contributed by atoms with van der Waals surface area (Å²) in [6.45, 7) is 4.20. The van der Waals surface area contributed by atoms with Crippen molar-refractivity contribution in [3.8, 4) is 11.3 Å². The van der Waals surface area contributed by atoms with Gasteiger partial charge < -0.3 is 15.8 Å². The Labute approximate surface area is 151 Å². The van der Waals surface area contributed by atoms with E-state index in [0.717, 1.165) is 52.2 Å². The summed E-state index contributed by atoms with van der Waals surface area (Å²) in [4.78, 5) is 12.6. The number of aromatic amines is 1. The first kappa shape index (κ1) is 16.8. The maximum atomic E-state index is 10.2. The van der Waals surface area contributed by atoms with Gasteiger partial charge in [-0.1, -0.05) is 24.3 Å². The van der Waals surface area contributed by atoms with Gasteiger partial charge in [0.2, 0.25) is 0 Å². The molecule has 0 saturated carbocycles. The van der Waals surface area contributed by atoms with Crippen LogP contribution in [0.25, 0.3) is 27.9 Å². The number of aryl methyl sites for hydroxylation is 1. The molecule has 0 amide bonds. The zero-order valence-corrected chi connectivity index (χ0v) is 15.0. The number of nitrogens with zero attached hydrogens (tertiary/aromatic N) is 3. The van der Waals surface area contributed by atoms with Gasteiger partial charge in [0.1, 0.15) is 5.82 Å². The van der Waals surface area contributed by atoms with Crippen molar-refractivity contribution in [2.24, 2.45) is 5.73 Å². The van der Waals surface area contributed by atoms with E-state index in [2.05, 4.69) is 14.4 Å². The van der Waals surface area contributed by atoms with E-state index in [9.17, 15) is 5.11 Å². The Balaban J connectivity index is 1.89. The molecule has 6 heteroatoms. The fourth-order valence-electron chi connectivity index (χ4n) is 3.31. The van der Waals surface area contributed by atoms with Crippen LogP contribution in [-0.2, 0) is 12.0 Å². The molecule has 4 N–H and O–H groups in total. The Kier molecular flexibility index (Phi) is 4.01. The molecule has 0 aliphatic carbocycles. The van der Waals surface area contributed by atoms with Gasteiger partial charge in [-0.3, -0.25) is 4.40 Å². The highest BCUT2D eigenvalue weighted by atomic mass is 16.3. The lowest BCUT2D eigenvalue weighted by atomic mass is 9.97. The van der Waals surface area contributed by atoms with E-state index in [1.54, 1.807) is 13.8 Å². The fourth-order valence-corrected chi connectivity index (χ4v) is 3.31. The average Bonchev–Trinajstić information content (AvgIpc) is 3.23. The van der Waals surface area contributed by atoms with Crippen molar-refractivity contribution in [1.29, 1.82) is 0 Å². The van der Waals surface area contributed by atoms with Crippen LogP contribution in [0.15, 0.2) is 42.7 Å². The molecule has 0 fully saturated rings. The van der Waals surface area contributed by atoms with Gasteiger partial charge in [-0.05, 0) is 38.4 Å². The second-order valence-corrected chi connectivity index (χ2v) is 7.10. The van der Waals surface area contributed by atoms with Gasteiger partial charge in [-0.2, -0.15) is 0 Å². The first-order valence-corrected chi connectivity index (χ1v) is 8.86. The highest BCUT2D eigenvalue weighted by molar-refractivity contribution is 5.84.